The monoisotopic (exact) mass is 539 g/mol. The summed E-state index contributed by atoms with van der Waals surface area (Å²) in [6.07, 6.45) is 4.13. The molecule has 0 atom stereocenters. The minimum atomic E-state index is -0.465. The Morgan fingerprint density at radius 2 is 1.92 bits per heavy atom. The molecule has 11 nitrogen and oxygen atoms in total. The van der Waals surface area contributed by atoms with E-state index in [1.165, 1.54) is 13.2 Å². The number of hydrogen-bond donors (Lipinski definition) is 2. The Morgan fingerprint density at radius 1 is 1.13 bits per heavy atom. The van der Waals surface area contributed by atoms with Gasteiger partial charge in [0.05, 0.1) is 20.3 Å². The van der Waals surface area contributed by atoms with E-state index in [4.69, 9.17) is 9.47 Å². The van der Waals surface area contributed by atoms with Gasteiger partial charge in [-0.05, 0) is 73.6 Å². The number of tetrazole rings is 1. The number of aromatic nitrogens is 5. The van der Waals surface area contributed by atoms with Gasteiger partial charge in [0.15, 0.2) is 11.6 Å². The highest BCUT2D eigenvalue weighted by Gasteiger charge is 2.24. The fourth-order valence-corrected chi connectivity index (χ4v) is 4.65. The maximum absolute atomic E-state index is 13.6. The average molecular weight is 540 g/mol. The van der Waals surface area contributed by atoms with Gasteiger partial charge in [0.1, 0.15) is 5.69 Å². The number of halogens is 1. The lowest BCUT2D eigenvalue weighted by molar-refractivity contribution is -0.122. The predicted molar refractivity (Wildman–Crippen MR) is 140 cm³/mol. The van der Waals surface area contributed by atoms with Crippen molar-refractivity contribution >= 4 is 11.8 Å². The van der Waals surface area contributed by atoms with Crippen molar-refractivity contribution in [3.63, 3.8) is 0 Å². The number of pyridine rings is 1. The predicted octanol–water partition coefficient (Wildman–Crippen LogP) is 2.83. The second kappa shape index (κ2) is 13.2. The van der Waals surface area contributed by atoms with Crippen LogP contribution in [0.15, 0.2) is 30.3 Å². The fraction of sp³-hybridized carbons (Fsp3) is 0.481. The van der Waals surface area contributed by atoms with Crippen LogP contribution in [0.3, 0.4) is 0 Å². The molecule has 12 heteroatoms. The van der Waals surface area contributed by atoms with Crippen LogP contribution in [0.1, 0.15) is 53.8 Å². The highest BCUT2D eigenvalue weighted by molar-refractivity contribution is 5.93. The Balaban J connectivity index is 1.33. The van der Waals surface area contributed by atoms with E-state index >= 15 is 0 Å². The number of nitrogens with zero attached hydrogens (tertiary/aromatic N) is 5. The normalized spacial score (nSPS) is 17.0. The van der Waals surface area contributed by atoms with Gasteiger partial charge in [0, 0.05) is 37.4 Å². The van der Waals surface area contributed by atoms with Crippen molar-refractivity contribution in [3.8, 4) is 17.1 Å². The summed E-state index contributed by atoms with van der Waals surface area (Å²) in [5.74, 6) is 0.111. The molecular weight excluding hydrogens is 505 g/mol. The van der Waals surface area contributed by atoms with Crippen molar-refractivity contribution in [3.05, 3.63) is 53.1 Å². The Labute approximate surface area is 226 Å². The number of amides is 2. The number of aryl methyl sites for hydroxylation is 1. The molecule has 1 fully saturated rings. The molecule has 208 valence electrons. The molecule has 0 radical (unpaired) electrons. The number of hydrogen-bond acceptors (Lipinski definition) is 8. The molecule has 4 rings (SSSR count). The molecule has 1 aromatic carbocycles. The largest absolute Gasteiger partial charge is 0.494 e. The zero-order valence-corrected chi connectivity index (χ0v) is 22.4. The van der Waals surface area contributed by atoms with E-state index in [1.54, 1.807) is 43.1 Å². The third-order valence-corrected chi connectivity index (χ3v) is 6.73. The van der Waals surface area contributed by atoms with Crippen molar-refractivity contribution in [2.45, 2.75) is 58.2 Å². The van der Waals surface area contributed by atoms with Crippen molar-refractivity contribution in [2.24, 2.45) is 5.92 Å². The Hall–Kier alpha value is -3.93. The number of benzene rings is 1. The van der Waals surface area contributed by atoms with Gasteiger partial charge in [-0.2, -0.15) is 4.80 Å². The molecule has 3 aromatic rings. The maximum Gasteiger partial charge on any atom is 0.270 e. The topological polar surface area (TPSA) is 133 Å². The van der Waals surface area contributed by atoms with E-state index < -0.39 is 5.82 Å². The van der Waals surface area contributed by atoms with E-state index in [2.05, 4.69) is 31.0 Å². The summed E-state index contributed by atoms with van der Waals surface area (Å²) in [6, 6.07) is 8.05. The van der Waals surface area contributed by atoms with Crippen LogP contribution in [0.25, 0.3) is 11.4 Å². The molecule has 2 amide bonds. The van der Waals surface area contributed by atoms with Crippen LogP contribution in [0.5, 0.6) is 5.75 Å². The smallest absolute Gasteiger partial charge is 0.270 e. The Morgan fingerprint density at radius 3 is 2.67 bits per heavy atom. The van der Waals surface area contributed by atoms with E-state index in [0.717, 1.165) is 25.7 Å². The van der Waals surface area contributed by atoms with Crippen LogP contribution >= 0.6 is 0 Å². The quantitative estimate of drug-likeness (QED) is 0.380. The van der Waals surface area contributed by atoms with Gasteiger partial charge in [-0.1, -0.05) is 6.07 Å². The third-order valence-electron chi connectivity index (χ3n) is 6.73. The molecule has 2 heterocycles. The number of rotatable bonds is 11. The zero-order chi connectivity index (χ0) is 27.8. The molecular formula is C27H34FN7O4. The van der Waals surface area contributed by atoms with Gasteiger partial charge in [0.2, 0.25) is 11.7 Å². The van der Waals surface area contributed by atoms with E-state index in [1.807, 2.05) is 0 Å². The van der Waals surface area contributed by atoms with Gasteiger partial charge < -0.3 is 20.1 Å². The first-order chi connectivity index (χ1) is 18.8. The van der Waals surface area contributed by atoms with E-state index in [-0.39, 0.29) is 35.8 Å². The summed E-state index contributed by atoms with van der Waals surface area (Å²) in [5.41, 5.74) is 2.20. The summed E-state index contributed by atoms with van der Waals surface area (Å²) in [6.45, 7) is 3.04. The second-order valence-corrected chi connectivity index (χ2v) is 9.73. The summed E-state index contributed by atoms with van der Waals surface area (Å²) in [5, 5.41) is 18.8. The van der Waals surface area contributed by atoms with Gasteiger partial charge in [0.25, 0.3) is 5.91 Å². The van der Waals surface area contributed by atoms with Crippen LogP contribution < -0.4 is 15.4 Å². The summed E-state index contributed by atoms with van der Waals surface area (Å²) in [7, 11) is 2.98. The molecule has 1 aliphatic carbocycles. The molecule has 0 bridgehead atoms. The molecule has 2 N–H and O–H groups in total. The molecule has 1 aliphatic rings. The third kappa shape index (κ3) is 7.79. The van der Waals surface area contributed by atoms with Crippen LogP contribution in [0.4, 0.5) is 4.39 Å². The first-order valence-electron chi connectivity index (χ1n) is 13.0. The van der Waals surface area contributed by atoms with Gasteiger partial charge in [-0.15, -0.1) is 10.2 Å². The number of ether oxygens (including phenoxy) is 2. The van der Waals surface area contributed by atoms with Crippen LogP contribution in [-0.2, 0) is 22.6 Å². The lowest BCUT2D eigenvalue weighted by Crippen LogP contribution is -2.38. The molecule has 0 unspecified atom stereocenters. The average Bonchev–Trinajstić information content (AvgIpc) is 3.40. The summed E-state index contributed by atoms with van der Waals surface area (Å²) >= 11 is 0. The van der Waals surface area contributed by atoms with E-state index in [0.29, 0.717) is 48.1 Å². The van der Waals surface area contributed by atoms with Crippen molar-refractivity contribution in [2.75, 3.05) is 20.8 Å². The highest BCUT2D eigenvalue weighted by Crippen LogP contribution is 2.26. The number of carbonyl (C=O) groups is 2. The first kappa shape index (κ1) is 28.1. The minimum Gasteiger partial charge on any atom is -0.494 e. The molecule has 39 heavy (non-hydrogen) atoms. The van der Waals surface area contributed by atoms with Crippen molar-refractivity contribution < 1.29 is 23.5 Å². The molecule has 0 spiro atoms. The number of methoxy groups -OCH3 is 2. The fourth-order valence-electron chi connectivity index (χ4n) is 4.65. The first-order valence-corrected chi connectivity index (χ1v) is 13.0. The van der Waals surface area contributed by atoms with Gasteiger partial charge in [-0.25, -0.2) is 9.37 Å². The molecule has 1 saturated carbocycles. The number of carbonyl (C=O) groups excluding carboxylic acids is 2. The zero-order valence-electron chi connectivity index (χ0n) is 22.4. The second-order valence-electron chi connectivity index (χ2n) is 9.73. The van der Waals surface area contributed by atoms with Gasteiger partial charge >= 0.3 is 0 Å². The van der Waals surface area contributed by atoms with Crippen molar-refractivity contribution in [1.82, 2.24) is 35.8 Å². The number of nitrogens with one attached hydrogen (secondary N) is 2. The highest BCUT2D eigenvalue weighted by atomic mass is 19.1. The summed E-state index contributed by atoms with van der Waals surface area (Å²) in [4.78, 5) is 30.7. The van der Waals surface area contributed by atoms with Crippen molar-refractivity contribution in [1.29, 1.82) is 0 Å². The Bertz CT molecular complexity index is 1290. The molecule has 0 aliphatic heterocycles. The molecule has 2 aromatic heterocycles. The van der Waals surface area contributed by atoms with E-state index in [9.17, 15) is 14.0 Å². The molecule has 0 saturated heterocycles. The van der Waals surface area contributed by atoms with Gasteiger partial charge in [-0.3, -0.25) is 9.59 Å². The standard InChI is InChI=1S/C27H34FN7O4/c1-17-12-20(14-23(30-17)27(37)29-15-19-6-9-22(28)24(13-19)39-3)26-32-34-35(33-26)16-18-4-7-21(8-5-18)31-25(36)10-11-38-2/h6,9,12-14,18,21H,4-5,7-8,10-11,15-16H2,1-3H3,(H,29,37)(H,31,36). The lowest BCUT2D eigenvalue weighted by atomic mass is 9.86. The summed E-state index contributed by atoms with van der Waals surface area (Å²) < 4.78 is 23.6. The maximum atomic E-state index is 13.6. The van der Waals surface area contributed by atoms with Crippen LogP contribution in [0, 0.1) is 18.7 Å². The lowest BCUT2D eigenvalue weighted by Gasteiger charge is -2.28. The van der Waals surface area contributed by atoms with Crippen LogP contribution in [-0.4, -0.2) is 63.9 Å². The minimum absolute atomic E-state index is 0.0271. The Kier molecular flexibility index (Phi) is 9.53. The SMILES string of the molecule is COCCC(=O)NC1CCC(Cn2nnc(-c3cc(C)nc(C(=O)NCc4ccc(F)c(OC)c4)c3)n2)CC1. The van der Waals surface area contributed by atoms with Crippen LogP contribution in [0.2, 0.25) is 0 Å².